The predicted octanol–water partition coefficient (Wildman–Crippen LogP) is 1.90. The summed E-state index contributed by atoms with van der Waals surface area (Å²) in [7, 11) is -1.08. The van der Waals surface area contributed by atoms with Crippen LogP contribution in [0.3, 0.4) is 0 Å². The summed E-state index contributed by atoms with van der Waals surface area (Å²) in [6.07, 6.45) is 23.0. The SMILES string of the molecule is C#C.C#C.C=C.CC.O=C(NC1CC1)[C@@H]1CCCN1.O=CNS(=O)C1CC1. The Hall–Kier alpha value is -2.09. The number of rotatable bonds is 5. The Balaban J connectivity index is -0.000000319. The summed E-state index contributed by atoms with van der Waals surface area (Å²) in [5.41, 5.74) is 0. The zero-order valence-electron chi connectivity index (χ0n) is 16.6. The van der Waals surface area contributed by atoms with Gasteiger partial charge in [-0.05, 0) is 45.1 Å². The van der Waals surface area contributed by atoms with Crippen molar-refractivity contribution in [3.8, 4) is 25.7 Å². The highest BCUT2D eigenvalue weighted by Gasteiger charge is 2.29. The molecule has 6 nitrogen and oxygen atoms in total. The van der Waals surface area contributed by atoms with Crippen LogP contribution in [0.15, 0.2) is 13.2 Å². The van der Waals surface area contributed by atoms with Gasteiger partial charge >= 0.3 is 0 Å². The molecular formula is C20H35N3O3S. The van der Waals surface area contributed by atoms with Crippen LogP contribution in [0.1, 0.15) is 52.4 Å². The minimum Gasteiger partial charge on any atom is -0.352 e. The van der Waals surface area contributed by atoms with Gasteiger partial charge in [-0.1, -0.05) is 13.8 Å². The van der Waals surface area contributed by atoms with Crippen LogP contribution in [-0.2, 0) is 20.6 Å². The van der Waals surface area contributed by atoms with Gasteiger partial charge in [0.05, 0.1) is 11.3 Å². The third-order valence-electron chi connectivity index (χ3n) is 3.29. The molecule has 3 aliphatic rings. The highest BCUT2D eigenvalue weighted by Crippen LogP contribution is 2.24. The molecule has 7 heteroatoms. The highest BCUT2D eigenvalue weighted by molar-refractivity contribution is 7.84. The Kier molecular flexibility index (Phi) is 24.1. The molecule has 0 aromatic carbocycles. The fourth-order valence-corrected chi connectivity index (χ4v) is 2.72. The molecule has 1 heterocycles. The zero-order valence-corrected chi connectivity index (χ0v) is 17.4. The molecule has 1 unspecified atom stereocenters. The maximum Gasteiger partial charge on any atom is 0.237 e. The number of hydrogen-bond acceptors (Lipinski definition) is 4. The molecule has 27 heavy (non-hydrogen) atoms. The average Bonchev–Trinajstić information content (AvgIpc) is 3.68. The average molecular weight is 398 g/mol. The molecule has 2 aliphatic carbocycles. The molecule has 2 atom stereocenters. The van der Waals surface area contributed by atoms with Gasteiger partial charge in [0.1, 0.15) is 11.0 Å². The maximum absolute atomic E-state index is 11.3. The summed E-state index contributed by atoms with van der Waals surface area (Å²) in [6.45, 7) is 11.0. The maximum atomic E-state index is 11.3. The lowest BCUT2D eigenvalue weighted by Gasteiger charge is -2.09. The van der Waals surface area contributed by atoms with Gasteiger partial charge < -0.3 is 10.6 Å². The number of nitrogens with one attached hydrogen (secondary N) is 3. The van der Waals surface area contributed by atoms with E-state index >= 15 is 0 Å². The summed E-state index contributed by atoms with van der Waals surface area (Å²) in [5.74, 6) is 0.213. The van der Waals surface area contributed by atoms with Crippen molar-refractivity contribution in [1.29, 1.82) is 0 Å². The quantitative estimate of drug-likeness (QED) is 0.376. The molecule has 154 valence electrons. The molecule has 3 rings (SSSR count). The molecule has 0 radical (unpaired) electrons. The number of terminal acetylenes is 2. The van der Waals surface area contributed by atoms with Crippen LogP contribution >= 0.6 is 0 Å². The first-order valence-corrected chi connectivity index (χ1v) is 10.2. The third kappa shape index (κ3) is 17.1. The Labute approximate surface area is 167 Å². The fraction of sp³-hybridized carbons (Fsp3) is 0.600. The largest absolute Gasteiger partial charge is 0.352 e. The number of hydrogen-bond donors (Lipinski definition) is 3. The molecule has 0 aromatic heterocycles. The van der Waals surface area contributed by atoms with Crippen molar-refractivity contribution < 1.29 is 13.8 Å². The first-order valence-electron chi connectivity index (χ1n) is 9.01. The Morgan fingerprint density at radius 1 is 1.07 bits per heavy atom. The van der Waals surface area contributed by atoms with Crippen molar-refractivity contribution in [1.82, 2.24) is 15.4 Å². The summed E-state index contributed by atoms with van der Waals surface area (Å²) >= 11 is 0. The minimum absolute atomic E-state index is 0.107. The zero-order chi connectivity index (χ0) is 21.7. The van der Waals surface area contributed by atoms with Crippen LogP contribution in [0.2, 0.25) is 0 Å². The van der Waals surface area contributed by atoms with Gasteiger partial charge in [0.2, 0.25) is 12.3 Å². The van der Waals surface area contributed by atoms with E-state index in [0.29, 0.717) is 12.5 Å². The monoisotopic (exact) mass is 397 g/mol. The Morgan fingerprint density at radius 3 is 1.93 bits per heavy atom. The summed E-state index contributed by atoms with van der Waals surface area (Å²) in [4.78, 5) is 21.0. The standard InChI is InChI=1S/C8H14N2O.C4H7NO2S.C2H6.C2H4.2C2H2/c11-8(10-6-3-4-6)7-2-1-5-9-7;6-3-5-8(7)4-1-2-4;4*1-2/h6-7,9H,1-5H2,(H,10,11);3-4H,1-2H2,(H,5,6);1-2H3;1-2H2;2*1-2H/t7-;;;;;/m0...../s1. The van der Waals surface area contributed by atoms with E-state index in [9.17, 15) is 13.8 Å². The van der Waals surface area contributed by atoms with Crippen LogP contribution in [-0.4, -0.2) is 40.4 Å². The van der Waals surface area contributed by atoms with Crippen LogP contribution in [0.25, 0.3) is 0 Å². The van der Waals surface area contributed by atoms with Gasteiger partial charge in [0.15, 0.2) is 0 Å². The van der Waals surface area contributed by atoms with E-state index in [1.165, 1.54) is 12.8 Å². The van der Waals surface area contributed by atoms with Gasteiger partial charge in [0.25, 0.3) is 0 Å². The van der Waals surface area contributed by atoms with Crippen LogP contribution in [0.5, 0.6) is 0 Å². The van der Waals surface area contributed by atoms with E-state index in [4.69, 9.17) is 0 Å². The topological polar surface area (TPSA) is 87.3 Å². The van der Waals surface area contributed by atoms with Gasteiger partial charge in [-0.3, -0.25) is 14.3 Å². The van der Waals surface area contributed by atoms with Crippen molar-refractivity contribution in [3.63, 3.8) is 0 Å². The Morgan fingerprint density at radius 2 is 1.59 bits per heavy atom. The summed E-state index contributed by atoms with van der Waals surface area (Å²) in [5, 5.41) is 6.42. The molecule has 0 spiro atoms. The van der Waals surface area contributed by atoms with Crippen molar-refractivity contribution in [2.75, 3.05) is 6.54 Å². The van der Waals surface area contributed by atoms with Gasteiger partial charge in [0, 0.05) is 6.04 Å². The number of amides is 2. The van der Waals surface area contributed by atoms with Crippen LogP contribution in [0, 0.1) is 25.7 Å². The Bertz CT molecular complexity index is 432. The number of carbonyl (C=O) groups excluding carboxylic acids is 2. The van der Waals surface area contributed by atoms with Gasteiger partial charge in [-0.25, -0.2) is 4.21 Å². The molecule has 3 N–H and O–H groups in total. The van der Waals surface area contributed by atoms with E-state index in [-0.39, 0.29) is 17.2 Å². The lowest BCUT2D eigenvalue weighted by molar-refractivity contribution is -0.122. The van der Waals surface area contributed by atoms with E-state index < -0.39 is 11.0 Å². The van der Waals surface area contributed by atoms with Crippen molar-refractivity contribution in [2.45, 2.75) is 69.7 Å². The number of carbonyl (C=O) groups is 2. The second-order valence-corrected chi connectivity index (χ2v) is 6.66. The second-order valence-electron chi connectivity index (χ2n) is 5.16. The van der Waals surface area contributed by atoms with E-state index in [0.717, 1.165) is 32.2 Å². The fourth-order valence-electron chi connectivity index (χ4n) is 1.86. The summed E-state index contributed by atoms with van der Waals surface area (Å²) in [6, 6.07) is 0.612. The molecule has 0 bridgehead atoms. The summed E-state index contributed by atoms with van der Waals surface area (Å²) < 4.78 is 12.8. The first kappa shape index (κ1) is 29.7. The molecule has 1 saturated heterocycles. The van der Waals surface area contributed by atoms with E-state index in [2.05, 4.69) is 54.2 Å². The molecule has 2 amide bonds. The molecular weight excluding hydrogens is 362 g/mol. The lowest BCUT2D eigenvalue weighted by atomic mass is 10.2. The van der Waals surface area contributed by atoms with Crippen LogP contribution < -0.4 is 15.4 Å². The smallest absolute Gasteiger partial charge is 0.237 e. The first-order chi connectivity index (χ1) is 13.2. The molecule has 0 aromatic rings. The van der Waals surface area contributed by atoms with E-state index in [1.54, 1.807) is 0 Å². The second kappa shape index (κ2) is 22.0. The van der Waals surface area contributed by atoms with Gasteiger partial charge in [-0.15, -0.1) is 38.9 Å². The van der Waals surface area contributed by atoms with Crippen molar-refractivity contribution in [3.05, 3.63) is 13.2 Å². The molecule has 3 fully saturated rings. The van der Waals surface area contributed by atoms with Crippen LogP contribution in [0.4, 0.5) is 0 Å². The lowest BCUT2D eigenvalue weighted by Crippen LogP contribution is -2.41. The van der Waals surface area contributed by atoms with Crippen molar-refractivity contribution in [2.24, 2.45) is 0 Å². The van der Waals surface area contributed by atoms with E-state index in [1.807, 2.05) is 13.8 Å². The highest BCUT2D eigenvalue weighted by atomic mass is 32.2. The third-order valence-corrected chi connectivity index (χ3v) is 4.70. The predicted molar refractivity (Wildman–Crippen MR) is 115 cm³/mol. The molecule has 2 saturated carbocycles. The molecule has 1 aliphatic heterocycles. The minimum atomic E-state index is -1.08. The van der Waals surface area contributed by atoms with Gasteiger partial charge in [-0.2, -0.15) is 0 Å². The van der Waals surface area contributed by atoms with Crippen molar-refractivity contribution >= 4 is 23.3 Å². The normalized spacial score (nSPS) is 19.4.